The van der Waals surface area contributed by atoms with E-state index >= 15 is 0 Å². The van der Waals surface area contributed by atoms with E-state index in [1.807, 2.05) is 0 Å². The number of carbonyl (C=O) groups excluding carboxylic acids is 2. The highest BCUT2D eigenvalue weighted by atomic mass is 32.2. The van der Waals surface area contributed by atoms with Gasteiger partial charge in [-0.25, -0.2) is 0 Å². The van der Waals surface area contributed by atoms with Crippen molar-refractivity contribution in [1.82, 2.24) is 0 Å². The van der Waals surface area contributed by atoms with E-state index in [2.05, 4.69) is 19.2 Å². The zero-order valence-electron chi connectivity index (χ0n) is 14.9. The van der Waals surface area contributed by atoms with Crippen molar-refractivity contribution in [2.45, 2.75) is 69.6 Å². The van der Waals surface area contributed by atoms with Crippen LogP contribution in [0.4, 0.5) is 0 Å². The van der Waals surface area contributed by atoms with E-state index in [1.165, 1.54) is 0 Å². The van der Waals surface area contributed by atoms with Gasteiger partial charge in [-0.2, -0.15) is 5.26 Å². The molecule has 4 rings (SSSR count). The summed E-state index contributed by atoms with van der Waals surface area (Å²) in [5.41, 5.74) is 0.290. The first-order chi connectivity index (χ1) is 11.8. The molecule has 0 aromatic heterocycles. The monoisotopic (exact) mass is 359 g/mol. The Morgan fingerprint density at radius 3 is 2.68 bits per heavy atom. The van der Waals surface area contributed by atoms with Gasteiger partial charge in [0.05, 0.1) is 6.10 Å². The van der Waals surface area contributed by atoms with Crippen LogP contribution in [-0.2, 0) is 9.59 Å². The lowest BCUT2D eigenvalue weighted by Crippen LogP contribution is -2.66. The minimum atomic E-state index is -0.763. The fraction of sp³-hybridized carbons (Fsp3) is 0.750. The van der Waals surface area contributed by atoms with E-state index in [0.29, 0.717) is 19.3 Å². The number of Topliss-reactive ketones (excluding diaryl/α,β-unsaturated/α-hetero) is 1. The molecule has 0 bridgehead atoms. The Bertz CT molecular complexity index is 725. The number of fused-ring (bicyclic) bond motifs is 5. The Labute approximate surface area is 153 Å². The van der Waals surface area contributed by atoms with Crippen LogP contribution >= 0.6 is 11.8 Å². The van der Waals surface area contributed by atoms with Crippen molar-refractivity contribution in [3.8, 4) is 5.40 Å². The van der Waals surface area contributed by atoms with Gasteiger partial charge in [0, 0.05) is 23.7 Å². The van der Waals surface area contributed by atoms with Gasteiger partial charge in [0.25, 0.3) is 0 Å². The lowest BCUT2D eigenvalue weighted by molar-refractivity contribution is -0.143. The van der Waals surface area contributed by atoms with Crippen LogP contribution in [0.25, 0.3) is 0 Å². The summed E-state index contributed by atoms with van der Waals surface area (Å²) in [6.45, 7) is 4.17. The summed E-state index contributed by atoms with van der Waals surface area (Å²) in [5.74, 6) is 0.645. The van der Waals surface area contributed by atoms with E-state index in [-0.39, 0.29) is 28.8 Å². The standard InChI is InChI=1S/C20H25NO3S/c1-18-10-17(24)20(25-11-21)15(14(18)5-6-16(18)23)4-3-12-9-13(22)7-8-19(12,20)2/h9,14-16,23H,3-8,10H2,1-2H3. The summed E-state index contributed by atoms with van der Waals surface area (Å²) >= 11 is 1.15. The molecule has 4 nitrogen and oxygen atoms in total. The Morgan fingerprint density at radius 2 is 1.96 bits per heavy atom. The molecule has 25 heavy (non-hydrogen) atoms. The minimum absolute atomic E-state index is 0.107. The van der Waals surface area contributed by atoms with Crippen molar-refractivity contribution in [2.75, 3.05) is 0 Å². The number of hydrogen-bond donors (Lipinski definition) is 1. The maximum atomic E-state index is 13.6. The quantitative estimate of drug-likeness (QED) is 0.726. The molecule has 4 aliphatic carbocycles. The fourth-order valence-electron chi connectivity index (χ4n) is 6.60. The molecule has 1 N–H and O–H groups in total. The van der Waals surface area contributed by atoms with Crippen LogP contribution < -0.4 is 0 Å². The van der Waals surface area contributed by atoms with E-state index in [0.717, 1.165) is 43.0 Å². The summed E-state index contributed by atoms with van der Waals surface area (Å²) < 4.78 is -0.763. The molecule has 0 aliphatic heterocycles. The Hall–Kier alpha value is -1.12. The minimum Gasteiger partial charge on any atom is -0.393 e. The molecule has 0 aromatic rings. The molecule has 3 fully saturated rings. The van der Waals surface area contributed by atoms with Gasteiger partial charge in [-0.15, -0.1) is 0 Å². The molecular weight excluding hydrogens is 334 g/mol. The summed E-state index contributed by atoms with van der Waals surface area (Å²) in [5, 5.41) is 22.4. The highest BCUT2D eigenvalue weighted by Gasteiger charge is 2.70. The number of thioether (sulfide) groups is 1. The summed E-state index contributed by atoms with van der Waals surface area (Å²) in [6, 6.07) is 0. The number of aliphatic hydroxyl groups excluding tert-OH is 1. The van der Waals surface area contributed by atoms with Crippen LogP contribution in [0.3, 0.4) is 0 Å². The van der Waals surface area contributed by atoms with Crippen LogP contribution in [0.2, 0.25) is 0 Å². The molecule has 0 heterocycles. The molecule has 0 radical (unpaired) electrons. The molecule has 0 spiro atoms. The van der Waals surface area contributed by atoms with E-state index in [4.69, 9.17) is 0 Å². The van der Waals surface area contributed by atoms with Gasteiger partial charge >= 0.3 is 0 Å². The number of thiocyanates is 1. The lowest BCUT2D eigenvalue weighted by atomic mass is 9.46. The lowest BCUT2D eigenvalue weighted by Gasteiger charge is -2.62. The Morgan fingerprint density at radius 1 is 1.20 bits per heavy atom. The topological polar surface area (TPSA) is 78.2 Å². The Balaban J connectivity index is 1.89. The van der Waals surface area contributed by atoms with Crippen molar-refractivity contribution in [2.24, 2.45) is 22.7 Å². The third-order valence-corrected chi connectivity index (χ3v) is 9.38. The highest BCUT2D eigenvalue weighted by Crippen LogP contribution is 2.69. The van der Waals surface area contributed by atoms with E-state index < -0.39 is 16.3 Å². The molecule has 6 unspecified atom stereocenters. The first-order valence-corrected chi connectivity index (χ1v) is 10.1. The highest BCUT2D eigenvalue weighted by molar-refractivity contribution is 8.05. The third kappa shape index (κ3) is 1.99. The molecule has 0 saturated heterocycles. The number of carbonyl (C=O) groups is 2. The van der Waals surface area contributed by atoms with Gasteiger partial charge < -0.3 is 5.11 Å². The first-order valence-electron chi connectivity index (χ1n) is 9.32. The van der Waals surface area contributed by atoms with Gasteiger partial charge in [0.2, 0.25) is 0 Å². The van der Waals surface area contributed by atoms with Crippen LogP contribution in [0, 0.1) is 33.3 Å². The number of nitriles is 1. The number of allylic oxidation sites excluding steroid dienone is 1. The van der Waals surface area contributed by atoms with Crippen molar-refractivity contribution in [3.05, 3.63) is 11.6 Å². The number of ketones is 2. The second kappa shape index (κ2) is 5.44. The molecule has 6 atom stereocenters. The zero-order valence-corrected chi connectivity index (χ0v) is 15.7. The van der Waals surface area contributed by atoms with Crippen LogP contribution in [0.15, 0.2) is 11.6 Å². The molecule has 4 aliphatic rings. The number of nitrogens with zero attached hydrogens (tertiary/aromatic N) is 1. The number of rotatable bonds is 1. The summed E-state index contributed by atoms with van der Waals surface area (Å²) in [4.78, 5) is 25.6. The molecule has 3 saturated carbocycles. The third-order valence-electron chi connectivity index (χ3n) is 7.99. The maximum absolute atomic E-state index is 13.6. The van der Waals surface area contributed by atoms with Crippen molar-refractivity contribution < 1.29 is 14.7 Å². The first kappa shape index (κ1) is 17.3. The van der Waals surface area contributed by atoms with E-state index in [1.54, 1.807) is 6.08 Å². The number of hydrogen-bond acceptors (Lipinski definition) is 5. The predicted molar refractivity (Wildman–Crippen MR) is 95.6 cm³/mol. The fourth-order valence-corrected chi connectivity index (χ4v) is 7.82. The van der Waals surface area contributed by atoms with Crippen LogP contribution in [0.1, 0.15) is 58.8 Å². The van der Waals surface area contributed by atoms with Crippen LogP contribution in [0.5, 0.6) is 0 Å². The predicted octanol–water partition coefficient (Wildman–Crippen LogP) is 3.40. The number of aliphatic hydroxyl groups is 1. The summed E-state index contributed by atoms with van der Waals surface area (Å²) in [7, 11) is 0. The summed E-state index contributed by atoms with van der Waals surface area (Å²) in [6.07, 6.45) is 6.12. The van der Waals surface area contributed by atoms with Crippen molar-refractivity contribution >= 4 is 23.3 Å². The molecular formula is C20H25NO3S. The van der Waals surface area contributed by atoms with Gasteiger partial charge in [-0.3, -0.25) is 9.59 Å². The van der Waals surface area contributed by atoms with Crippen molar-refractivity contribution in [1.29, 1.82) is 5.26 Å². The van der Waals surface area contributed by atoms with Gasteiger partial charge in [0.15, 0.2) is 11.6 Å². The molecule has 134 valence electrons. The molecule has 0 aromatic carbocycles. The average Bonchev–Trinajstić information content (AvgIpc) is 2.85. The Kier molecular flexibility index (Phi) is 3.76. The molecule has 0 amide bonds. The average molecular weight is 359 g/mol. The van der Waals surface area contributed by atoms with Crippen molar-refractivity contribution in [3.63, 3.8) is 0 Å². The van der Waals surface area contributed by atoms with Crippen LogP contribution in [-0.4, -0.2) is 27.5 Å². The largest absolute Gasteiger partial charge is 0.393 e. The van der Waals surface area contributed by atoms with Gasteiger partial charge in [-0.05, 0) is 61.8 Å². The SMILES string of the molecule is CC12CC(=O)C3(SC#N)C(CCC4=CC(=O)CCC43C)C1CCC2O. The van der Waals surface area contributed by atoms with Gasteiger partial charge in [-0.1, -0.05) is 19.4 Å². The second-order valence-electron chi connectivity index (χ2n) is 8.85. The van der Waals surface area contributed by atoms with Gasteiger partial charge in [0.1, 0.15) is 10.1 Å². The zero-order chi connectivity index (χ0) is 18.0. The maximum Gasteiger partial charge on any atom is 0.155 e. The second-order valence-corrected chi connectivity index (χ2v) is 9.88. The smallest absolute Gasteiger partial charge is 0.155 e. The van der Waals surface area contributed by atoms with E-state index in [9.17, 15) is 20.0 Å². The molecule has 5 heteroatoms. The normalized spacial score (nSPS) is 48.9.